The molecule has 0 radical (unpaired) electrons. The van der Waals surface area contributed by atoms with Crippen molar-refractivity contribution in [3.05, 3.63) is 65.8 Å². The monoisotopic (exact) mass is 409 g/mol. The van der Waals surface area contributed by atoms with Crippen LogP contribution >= 0.6 is 0 Å². The third-order valence-corrected chi connectivity index (χ3v) is 3.41. The molecule has 0 unspecified atom stereocenters. The van der Waals surface area contributed by atoms with E-state index in [1.165, 1.54) is 25.1 Å². The molecule has 0 nitrogen and oxygen atoms in total. The SMILES string of the molecule is CCc1c(C2C=CC=C2)[cH-]c2ccccc12.C[C](C)=[Zr+2].[Cl-].[Cl-]. The average molecular weight is 412 g/mol. The van der Waals surface area contributed by atoms with E-state index in [0.717, 1.165) is 6.42 Å². The van der Waals surface area contributed by atoms with Crippen molar-refractivity contribution in [3.8, 4) is 0 Å². The van der Waals surface area contributed by atoms with Gasteiger partial charge in [-0.05, 0) is 0 Å². The molecule has 2 aromatic rings. The minimum Gasteiger partial charge on any atom is -1.00 e. The Morgan fingerprint density at radius 1 is 1.09 bits per heavy atom. The zero-order valence-electron chi connectivity index (χ0n) is 13.2. The Kier molecular flexibility index (Phi) is 10.3. The summed E-state index contributed by atoms with van der Waals surface area (Å²) in [6.45, 7) is 6.49. The first kappa shape index (κ1) is 21.6. The van der Waals surface area contributed by atoms with Crippen molar-refractivity contribution in [2.75, 3.05) is 0 Å². The van der Waals surface area contributed by atoms with Gasteiger partial charge in [-0.1, -0.05) is 43.7 Å². The van der Waals surface area contributed by atoms with Crippen LogP contribution in [0.3, 0.4) is 0 Å². The van der Waals surface area contributed by atoms with Gasteiger partial charge in [-0.15, -0.1) is 46.2 Å². The summed E-state index contributed by atoms with van der Waals surface area (Å²) in [7, 11) is 0. The van der Waals surface area contributed by atoms with E-state index in [1.54, 1.807) is 24.2 Å². The summed E-state index contributed by atoms with van der Waals surface area (Å²) < 4.78 is 1.51. The minimum absolute atomic E-state index is 0. The van der Waals surface area contributed by atoms with Crippen molar-refractivity contribution in [2.24, 2.45) is 0 Å². The summed E-state index contributed by atoms with van der Waals surface area (Å²) in [4.78, 5) is 0. The molecule has 0 spiro atoms. The van der Waals surface area contributed by atoms with Gasteiger partial charge in [0.15, 0.2) is 0 Å². The summed E-state index contributed by atoms with van der Waals surface area (Å²) in [5.41, 5.74) is 2.99. The van der Waals surface area contributed by atoms with Gasteiger partial charge in [0.05, 0.1) is 0 Å². The standard InChI is InChI=1S/C16H15.C3H6.2ClH.Zr/c1-2-14-15-10-6-5-9-13(15)11-16(14)12-7-3-4-8-12;1-3-2;;;/h3-12H,2H2,1H3;1-2H3;2*1H;/q-1;;;;+2/p-2. The molecule has 0 N–H and O–H groups in total. The molecule has 0 aromatic heterocycles. The molecule has 0 heterocycles. The predicted molar refractivity (Wildman–Crippen MR) is 86.3 cm³/mol. The zero-order chi connectivity index (χ0) is 14.5. The molecule has 0 atom stereocenters. The second kappa shape index (κ2) is 10.4. The van der Waals surface area contributed by atoms with Crippen LogP contribution in [-0.2, 0) is 30.7 Å². The number of halogens is 2. The van der Waals surface area contributed by atoms with E-state index in [9.17, 15) is 0 Å². The summed E-state index contributed by atoms with van der Waals surface area (Å²) in [6, 6.07) is 11.0. The first-order chi connectivity index (χ1) is 9.63. The Morgan fingerprint density at radius 2 is 1.64 bits per heavy atom. The number of hydrogen-bond acceptors (Lipinski definition) is 0. The molecule has 0 aliphatic heterocycles. The first-order valence-electron chi connectivity index (χ1n) is 7.17. The molecular weight excluding hydrogens is 390 g/mol. The average Bonchev–Trinajstić information content (AvgIpc) is 3.04. The largest absolute Gasteiger partial charge is 1.00 e. The maximum Gasteiger partial charge on any atom is -1.00 e. The van der Waals surface area contributed by atoms with Gasteiger partial charge in [-0.25, -0.2) is 0 Å². The van der Waals surface area contributed by atoms with Crippen LogP contribution in [0.2, 0.25) is 0 Å². The van der Waals surface area contributed by atoms with Crippen LogP contribution in [0.4, 0.5) is 0 Å². The first-order valence-corrected chi connectivity index (χ1v) is 8.40. The molecule has 0 fully saturated rings. The van der Waals surface area contributed by atoms with Crippen molar-refractivity contribution in [1.82, 2.24) is 0 Å². The van der Waals surface area contributed by atoms with Crippen LogP contribution in [0.15, 0.2) is 54.6 Å². The predicted octanol–water partition coefficient (Wildman–Crippen LogP) is -0.916. The molecule has 116 valence electrons. The molecule has 2 aromatic carbocycles. The fourth-order valence-electron chi connectivity index (χ4n) is 2.64. The summed E-state index contributed by atoms with van der Waals surface area (Å²) in [6.07, 6.45) is 9.94. The second-order valence-corrected chi connectivity index (χ2v) is 7.77. The molecular formula is C19H21Cl2Zr-. The number of allylic oxidation sites excluding steroid dienone is 4. The molecule has 0 bridgehead atoms. The quantitative estimate of drug-likeness (QED) is 0.561. The van der Waals surface area contributed by atoms with E-state index in [4.69, 9.17) is 0 Å². The van der Waals surface area contributed by atoms with Crippen LogP contribution in [0.1, 0.15) is 37.8 Å². The van der Waals surface area contributed by atoms with Crippen LogP contribution in [-0.4, -0.2) is 3.21 Å². The van der Waals surface area contributed by atoms with E-state index in [2.05, 4.69) is 75.4 Å². The Labute approximate surface area is 161 Å². The number of aryl methyl sites for hydroxylation is 1. The Balaban J connectivity index is 0.000000665. The Morgan fingerprint density at radius 3 is 2.18 bits per heavy atom. The molecule has 1 aliphatic carbocycles. The molecule has 3 rings (SSSR count). The van der Waals surface area contributed by atoms with Crippen molar-refractivity contribution in [3.63, 3.8) is 0 Å². The van der Waals surface area contributed by atoms with Crippen LogP contribution in [0.5, 0.6) is 0 Å². The number of hydrogen-bond donors (Lipinski definition) is 0. The third-order valence-electron chi connectivity index (χ3n) is 3.41. The van der Waals surface area contributed by atoms with Gasteiger partial charge in [-0.2, -0.15) is 0 Å². The molecule has 0 amide bonds. The van der Waals surface area contributed by atoms with Crippen molar-refractivity contribution in [1.29, 1.82) is 0 Å². The Hall–Kier alpha value is -0.357. The summed E-state index contributed by atoms with van der Waals surface area (Å²) in [5.74, 6) is 0.488. The van der Waals surface area contributed by atoms with Crippen molar-refractivity contribution in [2.45, 2.75) is 33.1 Å². The third kappa shape index (κ3) is 5.37. The maximum atomic E-state index is 2.35. The summed E-state index contributed by atoms with van der Waals surface area (Å²) >= 11 is 1.55. The molecule has 0 saturated heterocycles. The zero-order valence-corrected chi connectivity index (χ0v) is 17.2. The van der Waals surface area contributed by atoms with Crippen LogP contribution in [0, 0.1) is 0 Å². The normalized spacial score (nSPS) is 12.4. The fourth-order valence-corrected chi connectivity index (χ4v) is 2.64. The number of fused-ring (bicyclic) bond motifs is 1. The van der Waals surface area contributed by atoms with E-state index in [1.807, 2.05) is 0 Å². The van der Waals surface area contributed by atoms with Gasteiger partial charge in [0.2, 0.25) is 0 Å². The van der Waals surface area contributed by atoms with Crippen LogP contribution in [0.25, 0.3) is 10.8 Å². The van der Waals surface area contributed by atoms with E-state index in [-0.39, 0.29) is 24.8 Å². The molecule has 0 saturated carbocycles. The number of rotatable bonds is 2. The molecule has 3 heteroatoms. The minimum atomic E-state index is 0. The number of benzene rings is 1. The second-order valence-electron chi connectivity index (χ2n) is 5.31. The van der Waals surface area contributed by atoms with Crippen LogP contribution < -0.4 is 24.8 Å². The summed E-state index contributed by atoms with van der Waals surface area (Å²) in [5, 5.41) is 2.80. The van der Waals surface area contributed by atoms with E-state index in [0.29, 0.717) is 5.92 Å². The van der Waals surface area contributed by atoms with Crippen molar-refractivity contribution >= 4 is 14.0 Å². The van der Waals surface area contributed by atoms with Gasteiger partial charge in [0, 0.05) is 5.92 Å². The Bertz CT molecular complexity index is 649. The fraction of sp³-hybridized carbons (Fsp3) is 0.263. The smallest absolute Gasteiger partial charge is 1.00 e. The van der Waals surface area contributed by atoms with Gasteiger partial charge >= 0.3 is 41.3 Å². The van der Waals surface area contributed by atoms with Gasteiger partial charge in [0.1, 0.15) is 0 Å². The maximum absolute atomic E-state index is 2.35. The van der Waals surface area contributed by atoms with Crippen molar-refractivity contribution < 1.29 is 49.0 Å². The van der Waals surface area contributed by atoms with Gasteiger partial charge in [0.25, 0.3) is 0 Å². The topological polar surface area (TPSA) is 0 Å². The van der Waals surface area contributed by atoms with Gasteiger partial charge < -0.3 is 24.8 Å². The van der Waals surface area contributed by atoms with E-state index >= 15 is 0 Å². The molecule has 22 heavy (non-hydrogen) atoms. The van der Waals surface area contributed by atoms with Gasteiger partial charge in [-0.3, -0.25) is 0 Å². The molecule has 1 aliphatic rings. The van der Waals surface area contributed by atoms with E-state index < -0.39 is 0 Å².